The summed E-state index contributed by atoms with van der Waals surface area (Å²) in [4.78, 5) is 12.0. The molecule has 218 valence electrons. The molecular weight excluding hydrogens is 558 g/mol. The van der Waals surface area contributed by atoms with E-state index in [-0.39, 0.29) is 4.90 Å². The molecule has 3 aliphatic rings. The van der Waals surface area contributed by atoms with Gasteiger partial charge in [0.15, 0.2) is 15.5 Å². The lowest BCUT2D eigenvalue weighted by atomic mass is 9.87. The van der Waals surface area contributed by atoms with Crippen molar-refractivity contribution in [2.75, 3.05) is 19.5 Å². The van der Waals surface area contributed by atoms with Crippen LogP contribution in [0, 0.1) is 0 Å². The third-order valence-electron chi connectivity index (χ3n) is 9.48. The first-order chi connectivity index (χ1) is 20.9. The number of hydrogen-bond acceptors (Lipinski definition) is 7. The van der Waals surface area contributed by atoms with E-state index in [9.17, 15) is 8.42 Å². The van der Waals surface area contributed by atoms with Crippen molar-refractivity contribution < 1.29 is 13.2 Å². The van der Waals surface area contributed by atoms with Crippen LogP contribution in [-0.4, -0.2) is 71.1 Å². The second-order valence-electron chi connectivity index (χ2n) is 12.1. The van der Waals surface area contributed by atoms with Crippen LogP contribution in [0.3, 0.4) is 0 Å². The Hall–Kier alpha value is -3.92. The fraction of sp³-hybridized carbons (Fsp3) is 0.324. The number of hydrogen-bond donors (Lipinski definition) is 1. The van der Waals surface area contributed by atoms with Gasteiger partial charge in [0.05, 0.1) is 23.8 Å². The number of aromatic amines is 1. The fourth-order valence-electron chi connectivity index (χ4n) is 7.30. The van der Waals surface area contributed by atoms with Crippen molar-refractivity contribution >= 4 is 20.9 Å². The predicted octanol–water partition coefficient (Wildman–Crippen LogP) is 5.48. The SMILES string of the molecule is CS(=O)(=O)c1cccnc1-c1ccc(-c2n[nH]c3ncc(-c4ccc5c(c4)CC[C@@H](N4C6COCC4C6)CC5)cc23)cc1. The first kappa shape index (κ1) is 26.7. The molecule has 1 aliphatic carbocycles. The van der Waals surface area contributed by atoms with Gasteiger partial charge in [-0.25, -0.2) is 13.4 Å². The van der Waals surface area contributed by atoms with Gasteiger partial charge in [-0.05, 0) is 67.0 Å². The number of aryl methyl sites for hydroxylation is 2. The van der Waals surface area contributed by atoms with E-state index >= 15 is 0 Å². The number of nitrogens with zero attached hydrogens (tertiary/aromatic N) is 4. The summed E-state index contributed by atoms with van der Waals surface area (Å²) in [5, 5.41) is 8.61. The topological polar surface area (TPSA) is 101 Å². The molecule has 8 nitrogen and oxygen atoms in total. The average molecular weight is 592 g/mol. The fourth-order valence-corrected chi connectivity index (χ4v) is 8.15. The number of H-pyrrole nitrogens is 1. The smallest absolute Gasteiger partial charge is 0.177 e. The molecule has 43 heavy (non-hydrogen) atoms. The average Bonchev–Trinajstić information content (AvgIpc) is 3.35. The summed E-state index contributed by atoms with van der Waals surface area (Å²) in [5.41, 5.74) is 8.80. The molecule has 0 amide bonds. The van der Waals surface area contributed by atoms with Crippen LogP contribution >= 0.6 is 0 Å². The van der Waals surface area contributed by atoms with Gasteiger partial charge in [0, 0.05) is 58.9 Å². The number of benzene rings is 2. The quantitative estimate of drug-likeness (QED) is 0.270. The van der Waals surface area contributed by atoms with E-state index in [0.717, 1.165) is 59.5 Å². The molecule has 3 atom stereocenters. The lowest BCUT2D eigenvalue weighted by Gasteiger charge is -2.56. The normalized spacial score (nSPS) is 22.1. The highest BCUT2D eigenvalue weighted by Gasteiger charge is 2.45. The minimum atomic E-state index is -3.41. The molecule has 9 heteroatoms. The number of fused-ring (bicyclic) bond motifs is 4. The van der Waals surface area contributed by atoms with Crippen LogP contribution in [0.4, 0.5) is 0 Å². The Morgan fingerprint density at radius 1 is 0.814 bits per heavy atom. The zero-order chi connectivity index (χ0) is 29.1. The zero-order valence-electron chi connectivity index (χ0n) is 24.0. The third-order valence-corrected chi connectivity index (χ3v) is 10.6. The zero-order valence-corrected chi connectivity index (χ0v) is 24.8. The first-order valence-electron chi connectivity index (χ1n) is 15.0. The Bertz CT molecular complexity index is 1940. The van der Waals surface area contributed by atoms with Crippen molar-refractivity contribution in [3.63, 3.8) is 0 Å². The number of rotatable bonds is 5. The van der Waals surface area contributed by atoms with Crippen molar-refractivity contribution in [3.8, 4) is 33.6 Å². The van der Waals surface area contributed by atoms with Crippen molar-refractivity contribution in [1.29, 1.82) is 0 Å². The molecule has 3 aromatic heterocycles. The molecule has 2 aromatic carbocycles. The van der Waals surface area contributed by atoms with Gasteiger partial charge in [0.25, 0.3) is 0 Å². The Morgan fingerprint density at radius 2 is 1.53 bits per heavy atom. The largest absolute Gasteiger partial charge is 0.378 e. The molecule has 5 aromatic rings. The van der Waals surface area contributed by atoms with Crippen LogP contribution in [0.5, 0.6) is 0 Å². The van der Waals surface area contributed by atoms with Gasteiger partial charge in [-0.3, -0.25) is 15.0 Å². The van der Waals surface area contributed by atoms with Crippen molar-refractivity contribution in [1.82, 2.24) is 25.1 Å². The molecule has 1 N–H and O–H groups in total. The number of sulfone groups is 1. The maximum absolute atomic E-state index is 12.3. The summed E-state index contributed by atoms with van der Waals surface area (Å²) in [7, 11) is -3.41. The molecule has 2 saturated heterocycles. The van der Waals surface area contributed by atoms with E-state index < -0.39 is 9.84 Å². The molecule has 0 saturated carbocycles. The summed E-state index contributed by atoms with van der Waals surface area (Å²) in [5.74, 6) is 0. The highest BCUT2D eigenvalue weighted by atomic mass is 32.2. The van der Waals surface area contributed by atoms with Crippen molar-refractivity contribution in [3.05, 3.63) is 84.2 Å². The number of morpholine rings is 1. The van der Waals surface area contributed by atoms with Crippen LogP contribution < -0.4 is 0 Å². The van der Waals surface area contributed by atoms with Crippen molar-refractivity contribution in [2.45, 2.75) is 55.1 Å². The molecule has 2 bridgehead atoms. The van der Waals surface area contributed by atoms with Crippen LogP contribution in [0.1, 0.15) is 30.4 Å². The van der Waals surface area contributed by atoms with E-state index in [1.165, 1.54) is 42.2 Å². The standard InChI is InChI=1S/C34H33N5O3S/c1-43(40,41)31-3-2-14-35-33(31)23-7-5-22(6-8-23)32-30-16-26(18-36-34(30)38-37-32)25-9-4-21-10-12-27(13-11-24(21)15-25)39-28-17-29(39)20-42-19-28/h2-9,14-16,18,27-29H,10-13,17,19-20H2,1H3,(H,36,37,38)/t27-,28?,29?/m0/s1. The van der Waals surface area contributed by atoms with E-state index in [1.54, 1.807) is 18.3 Å². The Morgan fingerprint density at radius 3 is 2.28 bits per heavy atom. The van der Waals surface area contributed by atoms with Gasteiger partial charge in [-0.15, -0.1) is 0 Å². The number of aromatic nitrogens is 4. The minimum Gasteiger partial charge on any atom is -0.378 e. The van der Waals surface area contributed by atoms with E-state index in [4.69, 9.17) is 9.72 Å². The van der Waals surface area contributed by atoms with Gasteiger partial charge in [0.2, 0.25) is 0 Å². The van der Waals surface area contributed by atoms with E-state index in [2.05, 4.69) is 44.3 Å². The van der Waals surface area contributed by atoms with Gasteiger partial charge < -0.3 is 4.74 Å². The molecule has 2 aliphatic heterocycles. The number of pyridine rings is 2. The first-order valence-corrected chi connectivity index (χ1v) is 16.9. The monoisotopic (exact) mass is 591 g/mol. The van der Waals surface area contributed by atoms with Crippen LogP contribution in [-0.2, 0) is 27.4 Å². The van der Waals surface area contributed by atoms with Crippen LogP contribution in [0.15, 0.2) is 78.0 Å². The summed E-state index contributed by atoms with van der Waals surface area (Å²) in [6.07, 6.45) is 10.7. The van der Waals surface area contributed by atoms with Gasteiger partial charge in [-0.1, -0.05) is 42.5 Å². The van der Waals surface area contributed by atoms with E-state index in [0.29, 0.717) is 23.8 Å². The molecule has 8 rings (SSSR count). The third kappa shape index (κ3) is 4.76. The second-order valence-corrected chi connectivity index (χ2v) is 14.1. The van der Waals surface area contributed by atoms with Gasteiger partial charge >= 0.3 is 0 Å². The molecule has 2 fully saturated rings. The van der Waals surface area contributed by atoms with Gasteiger partial charge in [0.1, 0.15) is 5.69 Å². The Balaban J connectivity index is 1.07. The number of nitrogens with one attached hydrogen (secondary N) is 1. The molecule has 2 unspecified atom stereocenters. The van der Waals surface area contributed by atoms with Crippen LogP contribution in [0.25, 0.3) is 44.7 Å². The summed E-state index contributed by atoms with van der Waals surface area (Å²) in [6.45, 7) is 1.79. The maximum Gasteiger partial charge on any atom is 0.177 e. The second kappa shape index (κ2) is 10.4. The minimum absolute atomic E-state index is 0.218. The molecule has 5 heterocycles. The van der Waals surface area contributed by atoms with Crippen LogP contribution in [0.2, 0.25) is 0 Å². The highest BCUT2D eigenvalue weighted by Crippen LogP contribution is 2.38. The molecular formula is C34H33N5O3S. The summed E-state index contributed by atoms with van der Waals surface area (Å²) >= 11 is 0. The Kier molecular flexibility index (Phi) is 6.43. The summed E-state index contributed by atoms with van der Waals surface area (Å²) < 4.78 is 30.3. The molecule has 0 radical (unpaired) electrons. The van der Waals surface area contributed by atoms with Crippen molar-refractivity contribution in [2.24, 2.45) is 0 Å². The predicted molar refractivity (Wildman–Crippen MR) is 166 cm³/mol. The Labute approximate surface area is 251 Å². The lowest BCUT2D eigenvalue weighted by molar-refractivity contribution is -0.148. The maximum atomic E-state index is 12.3. The lowest BCUT2D eigenvalue weighted by Crippen LogP contribution is -2.66. The number of ether oxygens (including phenoxy) is 1. The van der Waals surface area contributed by atoms with E-state index in [1.807, 2.05) is 30.5 Å². The summed E-state index contributed by atoms with van der Waals surface area (Å²) in [6, 6.07) is 21.9. The molecule has 0 spiro atoms. The highest BCUT2D eigenvalue weighted by molar-refractivity contribution is 7.90. The van der Waals surface area contributed by atoms with Gasteiger partial charge in [-0.2, -0.15) is 5.10 Å².